The van der Waals surface area contributed by atoms with Crippen molar-refractivity contribution in [2.45, 2.75) is 26.2 Å². The number of hydrogen-bond donors (Lipinski definition) is 0. The van der Waals surface area contributed by atoms with Gasteiger partial charge < -0.3 is 4.74 Å². The summed E-state index contributed by atoms with van der Waals surface area (Å²) in [5.41, 5.74) is 2.06. The number of hydrogen-bond acceptors (Lipinski definition) is 5. The molecule has 0 N–H and O–H groups in total. The fourth-order valence-corrected chi connectivity index (χ4v) is 3.57. The minimum Gasteiger partial charge on any atom is -0.465 e. The number of esters is 1. The first-order valence-electron chi connectivity index (χ1n) is 7.54. The first-order chi connectivity index (χ1) is 11.4. The van der Waals surface area contributed by atoms with Gasteiger partial charge >= 0.3 is 5.97 Å². The molecule has 0 atom stereocenters. The van der Waals surface area contributed by atoms with Crippen molar-refractivity contribution in [1.29, 1.82) is 0 Å². The number of ketones is 1. The Bertz CT molecular complexity index is 867. The number of carbonyl (C=O) groups excluding carboxylic acids is 2. The maximum absolute atomic E-state index is 14.5. The molecule has 1 heterocycles. The second-order valence-corrected chi connectivity index (χ2v) is 6.69. The molecule has 0 radical (unpaired) electrons. The molecule has 1 aromatic heterocycles. The number of ether oxygens (including phenoxy) is 1. The molecule has 0 saturated carbocycles. The van der Waals surface area contributed by atoms with Gasteiger partial charge in [-0.1, -0.05) is 26.0 Å². The summed E-state index contributed by atoms with van der Waals surface area (Å²) >= 11 is 1.29. The summed E-state index contributed by atoms with van der Waals surface area (Å²) in [5.74, 6) is -1.32. The molecule has 0 bridgehead atoms. The van der Waals surface area contributed by atoms with Gasteiger partial charge in [-0.25, -0.2) is 14.2 Å². The van der Waals surface area contributed by atoms with Gasteiger partial charge in [0, 0.05) is 16.5 Å². The van der Waals surface area contributed by atoms with Gasteiger partial charge in [-0.3, -0.25) is 4.79 Å². The van der Waals surface area contributed by atoms with Crippen LogP contribution >= 0.6 is 11.3 Å². The summed E-state index contributed by atoms with van der Waals surface area (Å²) in [5, 5.41) is 2.27. The molecule has 1 aromatic carbocycles. The van der Waals surface area contributed by atoms with Gasteiger partial charge in [0.2, 0.25) is 5.78 Å². The normalized spacial score (nSPS) is 13.0. The number of rotatable bonds is 4. The van der Waals surface area contributed by atoms with E-state index in [1.54, 1.807) is 12.1 Å². The maximum atomic E-state index is 14.5. The van der Waals surface area contributed by atoms with Crippen LogP contribution in [0.25, 0.3) is 5.57 Å². The molecule has 1 aliphatic carbocycles. The Morgan fingerprint density at radius 1 is 1.33 bits per heavy atom. The van der Waals surface area contributed by atoms with Crippen LogP contribution in [0.1, 0.15) is 56.7 Å². The molecule has 24 heavy (non-hydrogen) atoms. The third-order valence-corrected chi connectivity index (χ3v) is 4.86. The molecular weight excluding hydrogens is 329 g/mol. The summed E-state index contributed by atoms with van der Waals surface area (Å²) in [4.78, 5) is 28.6. The number of benzene rings is 1. The van der Waals surface area contributed by atoms with Gasteiger partial charge in [0.05, 0.1) is 18.4 Å². The van der Waals surface area contributed by atoms with Crippen LogP contribution in [0.4, 0.5) is 4.39 Å². The lowest BCUT2D eigenvalue weighted by Crippen LogP contribution is -2.08. The Morgan fingerprint density at radius 3 is 2.71 bits per heavy atom. The van der Waals surface area contributed by atoms with Crippen molar-refractivity contribution < 1.29 is 18.7 Å². The van der Waals surface area contributed by atoms with Crippen molar-refractivity contribution in [3.05, 3.63) is 56.8 Å². The lowest BCUT2D eigenvalue weighted by atomic mass is 9.99. The second-order valence-electron chi connectivity index (χ2n) is 5.83. The van der Waals surface area contributed by atoms with E-state index in [-0.39, 0.29) is 23.7 Å². The minimum absolute atomic E-state index is 0.116. The van der Waals surface area contributed by atoms with Crippen molar-refractivity contribution in [3.8, 4) is 0 Å². The van der Waals surface area contributed by atoms with Crippen molar-refractivity contribution in [2.24, 2.45) is 0 Å². The molecule has 0 fully saturated rings. The van der Waals surface area contributed by atoms with Gasteiger partial charge in [0.1, 0.15) is 5.82 Å². The molecule has 0 amide bonds. The Labute approximate surface area is 143 Å². The van der Waals surface area contributed by atoms with Crippen molar-refractivity contribution in [2.75, 3.05) is 7.11 Å². The number of halogens is 1. The van der Waals surface area contributed by atoms with Crippen molar-refractivity contribution in [3.63, 3.8) is 0 Å². The van der Waals surface area contributed by atoms with E-state index in [1.807, 2.05) is 19.2 Å². The molecule has 4 nitrogen and oxygen atoms in total. The molecule has 0 unspecified atom stereocenters. The van der Waals surface area contributed by atoms with Crippen LogP contribution in [0.3, 0.4) is 0 Å². The van der Waals surface area contributed by atoms with Gasteiger partial charge in [-0.2, -0.15) is 0 Å². The zero-order chi connectivity index (χ0) is 17.4. The highest BCUT2D eigenvalue weighted by Crippen LogP contribution is 2.34. The Balaban J connectivity index is 1.95. The third kappa shape index (κ3) is 2.67. The fraction of sp³-hybridized carbons (Fsp3) is 0.278. The summed E-state index contributed by atoms with van der Waals surface area (Å²) in [6.07, 6.45) is 1.96. The SMILES string of the molecule is COC(=O)c1ccc2c(c1F)CC=C2C(=O)c1nc(C(C)C)cs1. The lowest BCUT2D eigenvalue weighted by Gasteiger charge is -2.08. The Morgan fingerprint density at radius 2 is 2.08 bits per heavy atom. The number of aromatic nitrogens is 1. The highest BCUT2D eigenvalue weighted by atomic mass is 32.1. The molecule has 0 aliphatic heterocycles. The first-order valence-corrected chi connectivity index (χ1v) is 8.42. The van der Waals surface area contributed by atoms with E-state index in [1.165, 1.54) is 24.5 Å². The summed E-state index contributed by atoms with van der Waals surface area (Å²) in [6.45, 7) is 4.02. The standard InChI is InChI=1S/C18H16FNO3S/c1-9(2)14-8-24-17(20-14)16(21)12-6-5-11-10(12)4-7-13(15(11)19)18(22)23-3/h4,6-9H,5H2,1-3H3. The smallest absolute Gasteiger partial charge is 0.340 e. The number of fused-ring (bicyclic) bond motifs is 1. The van der Waals surface area contributed by atoms with Crippen LogP contribution in [0, 0.1) is 5.82 Å². The minimum atomic E-state index is -0.725. The number of nitrogens with zero attached hydrogens (tertiary/aromatic N) is 1. The van der Waals surface area contributed by atoms with E-state index in [0.29, 0.717) is 21.7 Å². The highest BCUT2D eigenvalue weighted by Gasteiger charge is 2.28. The number of carbonyl (C=O) groups is 2. The molecule has 0 spiro atoms. The van der Waals surface area contributed by atoms with Crippen LogP contribution in [-0.2, 0) is 11.2 Å². The summed E-state index contributed by atoms with van der Waals surface area (Å²) in [6, 6.07) is 2.95. The highest BCUT2D eigenvalue weighted by molar-refractivity contribution is 7.12. The molecular formula is C18H16FNO3S. The molecule has 2 aromatic rings. The van der Waals surface area contributed by atoms with E-state index >= 15 is 0 Å². The summed E-state index contributed by atoms with van der Waals surface area (Å²) in [7, 11) is 1.21. The van der Waals surface area contributed by atoms with E-state index in [9.17, 15) is 14.0 Å². The molecule has 6 heteroatoms. The van der Waals surface area contributed by atoms with E-state index in [2.05, 4.69) is 9.72 Å². The van der Waals surface area contributed by atoms with E-state index < -0.39 is 11.8 Å². The fourth-order valence-electron chi connectivity index (χ4n) is 2.64. The zero-order valence-electron chi connectivity index (χ0n) is 13.6. The van der Waals surface area contributed by atoms with Gasteiger partial charge in [-0.15, -0.1) is 11.3 Å². The lowest BCUT2D eigenvalue weighted by molar-refractivity contribution is 0.0595. The van der Waals surface area contributed by atoms with Gasteiger partial charge in [0.15, 0.2) is 5.01 Å². The van der Waals surface area contributed by atoms with Crippen LogP contribution in [0.2, 0.25) is 0 Å². The molecule has 0 saturated heterocycles. The third-order valence-electron chi connectivity index (χ3n) is 4.00. The van der Waals surface area contributed by atoms with E-state index in [4.69, 9.17) is 0 Å². The Hall–Kier alpha value is -2.34. The number of thiazole rings is 1. The number of methoxy groups -OCH3 is 1. The van der Waals surface area contributed by atoms with Gasteiger partial charge in [0.25, 0.3) is 0 Å². The average molecular weight is 345 g/mol. The van der Waals surface area contributed by atoms with Crippen LogP contribution < -0.4 is 0 Å². The van der Waals surface area contributed by atoms with E-state index in [0.717, 1.165) is 5.69 Å². The van der Waals surface area contributed by atoms with Crippen LogP contribution in [0.15, 0.2) is 23.6 Å². The van der Waals surface area contributed by atoms with Crippen LogP contribution in [0.5, 0.6) is 0 Å². The molecule has 3 rings (SSSR count). The second kappa shape index (κ2) is 6.28. The van der Waals surface area contributed by atoms with Crippen LogP contribution in [-0.4, -0.2) is 23.8 Å². The monoisotopic (exact) mass is 345 g/mol. The topological polar surface area (TPSA) is 56.3 Å². The first kappa shape index (κ1) is 16.5. The molecule has 1 aliphatic rings. The maximum Gasteiger partial charge on any atom is 0.340 e. The quantitative estimate of drug-likeness (QED) is 0.620. The predicted molar refractivity (Wildman–Crippen MR) is 90.0 cm³/mol. The summed E-state index contributed by atoms with van der Waals surface area (Å²) < 4.78 is 19.1. The zero-order valence-corrected chi connectivity index (χ0v) is 14.4. The van der Waals surface area contributed by atoms with Gasteiger partial charge in [-0.05, 0) is 24.0 Å². The molecule has 124 valence electrons. The van der Waals surface area contributed by atoms with Crippen molar-refractivity contribution in [1.82, 2.24) is 4.98 Å². The largest absolute Gasteiger partial charge is 0.465 e. The number of Topliss-reactive ketones (excluding diaryl/α,β-unsaturated/α-hetero) is 1. The van der Waals surface area contributed by atoms with Crippen molar-refractivity contribution >= 4 is 28.7 Å². The number of allylic oxidation sites excluding steroid dienone is 2. The average Bonchev–Trinajstić information content (AvgIpc) is 3.21. The Kier molecular flexibility index (Phi) is 4.32. The predicted octanol–water partition coefficient (Wildman–Crippen LogP) is 4.01.